The minimum absolute atomic E-state index is 0. The molecule has 0 radical (unpaired) electrons. The number of hydrogen-bond acceptors (Lipinski definition) is 6. The maximum atomic E-state index is 10.1. The summed E-state index contributed by atoms with van der Waals surface area (Å²) in [7, 11) is 0. The molecule has 0 amide bonds. The van der Waals surface area contributed by atoms with Gasteiger partial charge in [-0.15, -0.1) is 0 Å². The first-order valence-corrected chi connectivity index (χ1v) is 8.21. The summed E-state index contributed by atoms with van der Waals surface area (Å²) in [4.78, 5) is 23.8. The topological polar surface area (TPSA) is 132 Å². The van der Waals surface area contributed by atoms with Crippen LogP contribution in [0, 0.1) is 0 Å². The zero-order valence-electron chi connectivity index (χ0n) is 9.62. The molecule has 0 spiro atoms. The van der Waals surface area contributed by atoms with E-state index >= 15 is 0 Å². The van der Waals surface area contributed by atoms with Crippen molar-refractivity contribution in [2.24, 2.45) is 0 Å². The molecule has 0 atom stereocenters. The van der Waals surface area contributed by atoms with Crippen LogP contribution >= 0.6 is 0 Å². The molecule has 6 nitrogen and oxygen atoms in total. The maximum absolute atomic E-state index is 10.1. The molecule has 9 heteroatoms. The number of nitrogens with two attached hydrogens (primary N) is 2. The van der Waals surface area contributed by atoms with Crippen molar-refractivity contribution in [3.05, 3.63) is 30.9 Å². The average Bonchev–Trinajstić information content (AvgIpc) is 2.87. The normalized spacial score (nSPS) is 8.84. The number of carboxylic acids is 2. The first-order valence-electron chi connectivity index (χ1n) is 4.52. The monoisotopic (exact) mass is 444 g/mol. The van der Waals surface area contributed by atoms with Gasteiger partial charge in [0.25, 0.3) is 0 Å². The standard InChI is InChI=1S/2C5H5NO2Se.Zn/c2*6-3-1-2-9-4(3)5(7)8;/h2*1-2H,6H2,(H,7,8);/q;;+2/p-2. The molecule has 0 aliphatic carbocycles. The van der Waals surface area contributed by atoms with E-state index in [0.717, 1.165) is 0 Å². The molecule has 4 N–H and O–H groups in total. The molecule has 0 aromatic carbocycles. The number of rotatable bonds is 2. The van der Waals surface area contributed by atoms with Crippen LogP contribution in [0.4, 0.5) is 11.4 Å². The number of hydrogen-bond donors (Lipinski definition) is 2. The van der Waals surface area contributed by atoms with Gasteiger partial charge in [0.1, 0.15) is 0 Å². The van der Waals surface area contributed by atoms with E-state index in [1.165, 1.54) is 0 Å². The SMILES string of the molecule is Nc1cc[se]c1C(=O)[O-].Nc1cc[se]c1C(=O)[O-].[Zn+2]. The maximum Gasteiger partial charge on any atom is 2.00 e. The third-order valence-electron chi connectivity index (χ3n) is 1.76. The van der Waals surface area contributed by atoms with Gasteiger partial charge < -0.3 is 0 Å². The fraction of sp³-hybridized carbons (Fsp3) is 0. The van der Waals surface area contributed by atoms with Gasteiger partial charge in [-0.2, -0.15) is 0 Å². The number of aromatic carboxylic acids is 2. The third kappa shape index (κ3) is 5.35. The summed E-state index contributed by atoms with van der Waals surface area (Å²) >= 11 is -0.216. The first-order chi connectivity index (χ1) is 8.43. The number of carbonyl (C=O) groups excluding carboxylic acids is 2. The van der Waals surface area contributed by atoms with Crippen molar-refractivity contribution in [1.29, 1.82) is 0 Å². The average molecular weight is 443 g/mol. The Morgan fingerprint density at radius 1 is 0.895 bits per heavy atom. The number of carbonyl (C=O) groups is 2. The second-order valence-electron chi connectivity index (χ2n) is 2.99. The van der Waals surface area contributed by atoms with Gasteiger partial charge in [0.15, 0.2) is 0 Å². The Morgan fingerprint density at radius 2 is 1.21 bits per heavy atom. The van der Waals surface area contributed by atoms with E-state index < -0.39 is 11.9 Å². The Kier molecular flexibility index (Phi) is 7.99. The van der Waals surface area contributed by atoms with Crippen LogP contribution in [-0.2, 0) is 19.5 Å². The summed E-state index contributed by atoms with van der Waals surface area (Å²) in [6.45, 7) is 0. The van der Waals surface area contributed by atoms with Crippen molar-refractivity contribution >= 4 is 52.3 Å². The second-order valence-corrected chi connectivity index (χ2v) is 6.83. The van der Waals surface area contributed by atoms with Crippen LogP contribution in [0.1, 0.15) is 18.5 Å². The quantitative estimate of drug-likeness (QED) is 0.489. The molecule has 0 saturated heterocycles. The smallest absolute Gasteiger partial charge is 2.00 e. The molecule has 0 unspecified atom stereocenters. The predicted octanol–water partition coefficient (Wildman–Crippen LogP) is -2.62. The Hall–Kier alpha value is -0.838. The molecule has 0 saturated carbocycles. The minimum atomic E-state index is -1.14. The Balaban J connectivity index is 0.000000324. The van der Waals surface area contributed by atoms with E-state index in [1.54, 1.807) is 22.0 Å². The molecule has 0 aliphatic rings. The molecule has 0 bridgehead atoms. The summed E-state index contributed by atoms with van der Waals surface area (Å²) in [5.74, 6) is -2.28. The summed E-state index contributed by atoms with van der Waals surface area (Å²) < 4.78 is 0.505. The molecule has 19 heavy (non-hydrogen) atoms. The van der Waals surface area contributed by atoms with Crippen LogP contribution < -0.4 is 21.7 Å². The van der Waals surface area contributed by atoms with E-state index in [2.05, 4.69) is 0 Å². The number of anilines is 2. The molecule has 2 aromatic rings. The molecular weight excluding hydrogens is 435 g/mol. The van der Waals surface area contributed by atoms with E-state index in [0.29, 0.717) is 11.4 Å². The van der Waals surface area contributed by atoms with Gasteiger partial charge in [0.2, 0.25) is 0 Å². The Labute approximate surface area is 133 Å². The zero-order valence-corrected chi connectivity index (χ0v) is 16.0. The van der Waals surface area contributed by atoms with Gasteiger partial charge >= 0.3 is 134 Å². The molecule has 96 valence electrons. The van der Waals surface area contributed by atoms with Crippen LogP contribution in [-0.4, -0.2) is 40.9 Å². The van der Waals surface area contributed by atoms with Gasteiger partial charge in [-0.05, 0) is 0 Å². The van der Waals surface area contributed by atoms with Gasteiger partial charge in [0, 0.05) is 0 Å². The summed E-state index contributed by atoms with van der Waals surface area (Å²) in [5, 5.41) is 20.3. The largest absolute Gasteiger partial charge is 2.00 e. The van der Waals surface area contributed by atoms with Crippen molar-refractivity contribution < 1.29 is 39.3 Å². The van der Waals surface area contributed by atoms with E-state index in [9.17, 15) is 19.8 Å². The first kappa shape index (κ1) is 18.2. The third-order valence-corrected chi connectivity index (χ3v) is 5.58. The van der Waals surface area contributed by atoms with Crippen molar-refractivity contribution in [3.8, 4) is 0 Å². The van der Waals surface area contributed by atoms with Crippen molar-refractivity contribution in [1.82, 2.24) is 0 Å². The molecule has 2 rings (SSSR count). The molecule has 0 aliphatic heterocycles. The fourth-order valence-corrected chi connectivity index (χ4v) is 3.70. The summed E-state index contributed by atoms with van der Waals surface area (Å²) in [6, 6.07) is 3.20. The van der Waals surface area contributed by atoms with Crippen LogP contribution in [0.15, 0.2) is 22.0 Å². The van der Waals surface area contributed by atoms with Gasteiger partial charge in [-0.1, -0.05) is 0 Å². The van der Waals surface area contributed by atoms with Crippen molar-refractivity contribution in [2.45, 2.75) is 0 Å². The van der Waals surface area contributed by atoms with Crippen LogP contribution in [0.2, 0.25) is 0 Å². The minimum Gasteiger partial charge on any atom is 2.00 e. The Bertz CT molecular complexity index is 517. The van der Waals surface area contributed by atoms with Crippen LogP contribution in [0.3, 0.4) is 0 Å². The van der Waals surface area contributed by atoms with Crippen molar-refractivity contribution in [3.63, 3.8) is 0 Å². The summed E-state index contributed by atoms with van der Waals surface area (Å²) in [5.41, 5.74) is 11.2. The molecule has 0 fully saturated rings. The fourth-order valence-electron chi connectivity index (χ4n) is 0.970. The van der Waals surface area contributed by atoms with Gasteiger partial charge in [-0.25, -0.2) is 0 Å². The van der Waals surface area contributed by atoms with E-state index in [4.69, 9.17) is 11.5 Å². The molecular formula is C10H8N2O4Se2Zn. The van der Waals surface area contributed by atoms with Crippen molar-refractivity contribution in [2.75, 3.05) is 11.5 Å². The van der Waals surface area contributed by atoms with Gasteiger partial charge in [0.05, 0.1) is 0 Å². The molecule has 2 aromatic heterocycles. The summed E-state index contributed by atoms with van der Waals surface area (Å²) in [6.07, 6.45) is 0. The van der Waals surface area contributed by atoms with Crippen LogP contribution in [0.5, 0.6) is 0 Å². The number of nitrogen functional groups attached to an aromatic ring is 2. The zero-order chi connectivity index (χ0) is 13.7. The Morgan fingerprint density at radius 3 is 1.32 bits per heavy atom. The van der Waals surface area contributed by atoms with Gasteiger partial charge in [-0.3, -0.25) is 0 Å². The molecule has 2 heterocycles. The van der Waals surface area contributed by atoms with E-state index in [-0.39, 0.29) is 57.4 Å². The number of carboxylic acid groups (broad SMARTS) is 2. The van der Waals surface area contributed by atoms with Crippen LogP contribution in [0.25, 0.3) is 0 Å². The second kappa shape index (κ2) is 8.36. The predicted molar refractivity (Wildman–Crippen MR) is 64.2 cm³/mol. The van der Waals surface area contributed by atoms with E-state index in [1.807, 2.05) is 0 Å².